The van der Waals surface area contributed by atoms with Crippen molar-refractivity contribution in [1.29, 1.82) is 0 Å². The summed E-state index contributed by atoms with van der Waals surface area (Å²) in [6, 6.07) is 0. The number of hydrogen-bond acceptors (Lipinski definition) is 2. The maximum atomic E-state index is 10.5. The van der Waals surface area contributed by atoms with E-state index in [1.54, 1.807) is 6.92 Å². The van der Waals surface area contributed by atoms with Crippen LogP contribution in [0, 0.1) is 0 Å². The Hall–Kier alpha value is -0.613. The minimum absolute atomic E-state index is 0.416. The standard InChI is InChI=1S/C11H22O3Si/c1-4-10(15-14-5-2)8-6-7-9(3)11(12)13/h7,10H,4-6,8,15H2,1-3H3,(H,12,13). The van der Waals surface area contributed by atoms with Crippen molar-refractivity contribution >= 4 is 15.7 Å². The van der Waals surface area contributed by atoms with E-state index in [2.05, 4.69) is 6.92 Å². The Bertz CT molecular complexity index is 214. The van der Waals surface area contributed by atoms with Crippen molar-refractivity contribution in [2.24, 2.45) is 0 Å². The SMILES string of the molecule is CCO[SiH2]C(CC)CCC=C(C)C(=O)O. The lowest BCUT2D eigenvalue weighted by molar-refractivity contribution is -0.132. The summed E-state index contributed by atoms with van der Waals surface area (Å²) < 4.78 is 5.49. The van der Waals surface area contributed by atoms with Crippen LogP contribution < -0.4 is 0 Å². The molecule has 0 aromatic heterocycles. The molecular weight excluding hydrogens is 208 g/mol. The van der Waals surface area contributed by atoms with Crippen LogP contribution in [0.2, 0.25) is 5.54 Å². The number of hydrogen-bond donors (Lipinski definition) is 1. The van der Waals surface area contributed by atoms with Crippen LogP contribution in [0.3, 0.4) is 0 Å². The summed E-state index contributed by atoms with van der Waals surface area (Å²) in [7, 11) is -0.416. The highest BCUT2D eigenvalue weighted by molar-refractivity contribution is 6.29. The molecule has 15 heavy (non-hydrogen) atoms. The Morgan fingerprint density at radius 1 is 1.53 bits per heavy atom. The van der Waals surface area contributed by atoms with Crippen molar-refractivity contribution in [2.45, 2.75) is 45.6 Å². The van der Waals surface area contributed by atoms with Gasteiger partial charge in [-0.1, -0.05) is 19.4 Å². The molecule has 4 heteroatoms. The smallest absolute Gasteiger partial charge is 0.330 e. The fourth-order valence-electron chi connectivity index (χ4n) is 1.31. The quantitative estimate of drug-likeness (QED) is 0.513. The van der Waals surface area contributed by atoms with E-state index in [0.29, 0.717) is 11.1 Å². The fraction of sp³-hybridized carbons (Fsp3) is 0.727. The van der Waals surface area contributed by atoms with Gasteiger partial charge in [-0.2, -0.15) is 0 Å². The highest BCUT2D eigenvalue weighted by Crippen LogP contribution is 2.17. The number of carbonyl (C=O) groups is 1. The number of rotatable bonds is 8. The normalized spacial score (nSPS) is 14.7. The predicted octanol–water partition coefficient (Wildman–Crippen LogP) is 2.12. The van der Waals surface area contributed by atoms with Gasteiger partial charge >= 0.3 is 5.97 Å². The second kappa shape index (κ2) is 8.68. The average Bonchev–Trinajstić information content (AvgIpc) is 2.22. The zero-order valence-corrected chi connectivity index (χ0v) is 11.4. The van der Waals surface area contributed by atoms with Gasteiger partial charge in [-0.15, -0.1) is 0 Å². The third-order valence-electron chi connectivity index (χ3n) is 2.50. The van der Waals surface area contributed by atoms with Crippen molar-refractivity contribution in [3.05, 3.63) is 11.6 Å². The van der Waals surface area contributed by atoms with E-state index in [1.807, 2.05) is 13.0 Å². The number of carboxylic acid groups (broad SMARTS) is 1. The Morgan fingerprint density at radius 2 is 2.20 bits per heavy atom. The molecule has 0 spiro atoms. The van der Waals surface area contributed by atoms with Crippen LogP contribution in [0.15, 0.2) is 11.6 Å². The molecule has 1 unspecified atom stereocenters. The summed E-state index contributed by atoms with van der Waals surface area (Å²) in [5.74, 6) is -0.815. The maximum Gasteiger partial charge on any atom is 0.330 e. The molecule has 0 radical (unpaired) electrons. The van der Waals surface area contributed by atoms with Gasteiger partial charge in [-0.25, -0.2) is 4.79 Å². The van der Waals surface area contributed by atoms with Crippen molar-refractivity contribution in [3.8, 4) is 0 Å². The van der Waals surface area contributed by atoms with E-state index in [4.69, 9.17) is 9.53 Å². The predicted molar refractivity (Wildman–Crippen MR) is 64.8 cm³/mol. The van der Waals surface area contributed by atoms with E-state index in [-0.39, 0.29) is 0 Å². The molecule has 0 heterocycles. The summed E-state index contributed by atoms with van der Waals surface area (Å²) in [5, 5.41) is 8.66. The lowest BCUT2D eigenvalue weighted by Gasteiger charge is -2.12. The van der Waals surface area contributed by atoms with Crippen LogP contribution >= 0.6 is 0 Å². The number of allylic oxidation sites excluding steroid dienone is 1. The van der Waals surface area contributed by atoms with Crippen LogP contribution in [-0.2, 0) is 9.22 Å². The Morgan fingerprint density at radius 3 is 2.67 bits per heavy atom. The van der Waals surface area contributed by atoms with Gasteiger partial charge < -0.3 is 9.53 Å². The minimum Gasteiger partial charge on any atom is -0.478 e. The molecule has 3 nitrogen and oxygen atoms in total. The second-order valence-electron chi connectivity index (χ2n) is 3.70. The first-order valence-electron chi connectivity index (χ1n) is 5.59. The van der Waals surface area contributed by atoms with Gasteiger partial charge in [0.15, 0.2) is 9.76 Å². The zero-order chi connectivity index (χ0) is 11.7. The Kier molecular flexibility index (Phi) is 8.32. The summed E-state index contributed by atoms with van der Waals surface area (Å²) >= 11 is 0. The molecule has 0 aromatic carbocycles. The van der Waals surface area contributed by atoms with Crippen molar-refractivity contribution in [2.75, 3.05) is 6.61 Å². The Labute approximate surface area is 94.5 Å². The molecule has 0 saturated carbocycles. The first kappa shape index (κ1) is 14.4. The van der Waals surface area contributed by atoms with Crippen LogP contribution in [0.4, 0.5) is 0 Å². The topological polar surface area (TPSA) is 46.5 Å². The number of aliphatic carboxylic acids is 1. The monoisotopic (exact) mass is 230 g/mol. The molecule has 0 aliphatic heterocycles. The highest BCUT2D eigenvalue weighted by atomic mass is 28.2. The number of carboxylic acids is 1. The molecule has 0 aliphatic rings. The van der Waals surface area contributed by atoms with Crippen LogP contribution in [0.1, 0.15) is 40.0 Å². The minimum atomic E-state index is -0.815. The molecule has 0 fully saturated rings. The largest absolute Gasteiger partial charge is 0.478 e. The van der Waals surface area contributed by atoms with Gasteiger partial charge in [0.1, 0.15) is 0 Å². The van der Waals surface area contributed by atoms with Crippen molar-refractivity contribution in [1.82, 2.24) is 0 Å². The van der Waals surface area contributed by atoms with Gasteiger partial charge in [0.25, 0.3) is 0 Å². The van der Waals surface area contributed by atoms with E-state index >= 15 is 0 Å². The highest BCUT2D eigenvalue weighted by Gasteiger charge is 2.06. The summed E-state index contributed by atoms with van der Waals surface area (Å²) in [5.41, 5.74) is 1.13. The van der Waals surface area contributed by atoms with E-state index < -0.39 is 15.7 Å². The molecule has 0 rings (SSSR count). The molecule has 1 N–H and O–H groups in total. The second-order valence-corrected chi connectivity index (χ2v) is 5.60. The average molecular weight is 230 g/mol. The molecule has 88 valence electrons. The van der Waals surface area contributed by atoms with Gasteiger partial charge in [-0.3, -0.25) is 0 Å². The van der Waals surface area contributed by atoms with Gasteiger partial charge in [0, 0.05) is 12.2 Å². The summed E-state index contributed by atoms with van der Waals surface area (Å²) in [6.45, 7) is 6.65. The zero-order valence-electron chi connectivity index (χ0n) is 9.95. The van der Waals surface area contributed by atoms with E-state index in [9.17, 15) is 4.79 Å². The molecule has 0 saturated heterocycles. The van der Waals surface area contributed by atoms with Crippen LogP contribution in [0.25, 0.3) is 0 Å². The summed E-state index contributed by atoms with van der Waals surface area (Å²) in [4.78, 5) is 10.5. The van der Waals surface area contributed by atoms with E-state index in [0.717, 1.165) is 25.9 Å². The van der Waals surface area contributed by atoms with E-state index in [1.165, 1.54) is 0 Å². The van der Waals surface area contributed by atoms with Gasteiger partial charge in [0.05, 0.1) is 0 Å². The van der Waals surface area contributed by atoms with Crippen molar-refractivity contribution in [3.63, 3.8) is 0 Å². The molecule has 0 amide bonds. The van der Waals surface area contributed by atoms with Gasteiger partial charge in [0.2, 0.25) is 0 Å². The third-order valence-corrected chi connectivity index (χ3v) is 4.60. The lowest BCUT2D eigenvalue weighted by Crippen LogP contribution is -2.07. The Balaban J connectivity index is 3.80. The third kappa shape index (κ3) is 7.33. The fourth-order valence-corrected chi connectivity index (χ4v) is 2.52. The molecular formula is C11H22O3Si. The molecule has 0 bridgehead atoms. The molecule has 1 atom stereocenters. The lowest BCUT2D eigenvalue weighted by atomic mass is 10.1. The maximum absolute atomic E-state index is 10.5. The first-order valence-corrected chi connectivity index (χ1v) is 6.98. The molecule has 0 aliphatic carbocycles. The molecule has 0 aromatic rings. The van der Waals surface area contributed by atoms with Gasteiger partial charge in [-0.05, 0) is 32.2 Å². The summed E-state index contributed by atoms with van der Waals surface area (Å²) in [6.07, 6.45) is 4.88. The van der Waals surface area contributed by atoms with Crippen LogP contribution in [-0.4, -0.2) is 27.4 Å². The van der Waals surface area contributed by atoms with Crippen LogP contribution in [0.5, 0.6) is 0 Å². The first-order chi connectivity index (χ1) is 7.11. The van der Waals surface area contributed by atoms with Crippen molar-refractivity contribution < 1.29 is 14.3 Å².